The molecule has 0 bridgehead atoms. The number of rotatable bonds is 6. The maximum atomic E-state index is 12.2. The van der Waals surface area contributed by atoms with Crippen LogP contribution < -0.4 is 16.0 Å². The molecule has 0 saturated heterocycles. The van der Waals surface area contributed by atoms with E-state index in [-0.39, 0.29) is 11.5 Å². The topological polar surface area (TPSA) is 94.0 Å². The van der Waals surface area contributed by atoms with Gasteiger partial charge in [0.05, 0.1) is 0 Å². The second-order valence-corrected chi connectivity index (χ2v) is 5.83. The molecule has 0 saturated carbocycles. The molecule has 6 nitrogen and oxygen atoms in total. The van der Waals surface area contributed by atoms with Gasteiger partial charge >= 0.3 is 0 Å². The van der Waals surface area contributed by atoms with Crippen LogP contribution in [0.4, 0.5) is 11.4 Å². The van der Waals surface area contributed by atoms with Crippen molar-refractivity contribution in [3.63, 3.8) is 0 Å². The molecule has 0 atom stereocenters. The highest BCUT2D eigenvalue weighted by Gasteiger charge is 2.09. The van der Waals surface area contributed by atoms with Gasteiger partial charge in [0.15, 0.2) is 0 Å². The van der Waals surface area contributed by atoms with Gasteiger partial charge in [0.1, 0.15) is 11.6 Å². The summed E-state index contributed by atoms with van der Waals surface area (Å²) in [4.78, 5) is 23.2. The Hall–Kier alpha value is -3.30. The minimum Gasteiger partial charge on any atom is -0.386 e. The van der Waals surface area contributed by atoms with Gasteiger partial charge in [-0.05, 0) is 42.0 Å². The summed E-state index contributed by atoms with van der Waals surface area (Å²) >= 11 is 5.91. The summed E-state index contributed by atoms with van der Waals surface area (Å²) in [5.74, 6) is -0.708. The molecule has 0 aliphatic carbocycles. The summed E-state index contributed by atoms with van der Waals surface area (Å²) in [5.41, 5.74) is 2.01. The first-order valence-electron chi connectivity index (χ1n) is 7.75. The monoisotopic (exact) mass is 368 g/mol. The van der Waals surface area contributed by atoms with E-state index in [1.54, 1.807) is 36.4 Å². The molecule has 0 aliphatic rings. The summed E-state index contributed by atoms with van der Waals surface area (Å²) in [6.45, 7) is 1.85. The Bertz CT molecular complexity index is 870. The van der Waals surface area contributed by atoms with Crippen LogP contribution >= 0.6 is 11.6 Å². The number of nitriles is 1. The number of hydrogen-bond donors (Lipinski definition) is 3. The molecule has 0 spiro atoms. The van der Waals surface area contributed by atoms with Crippen molar-refractivity contribution in [1.29, 1.82) is 5.26 Å². The quantitative estimate of drug-likeness (QED) is 0.537. The normalized spacial score (nSPS) is 10.6. The van der Waals surface area contributed by atoms with E-state index in [9.17, 15) is 14.9 Å². The molecular formula is C19H17ClN4O2. The lowest BCUT2D eigenvalue weighted by Crippen LogP contribution is -2.16. The smallest absolute Gasteiger partial charge is 0.267 e. The van der Waals surface area contributed by atoms with Gasteiger partial charge in [-0.3, -0.25) is 9.59 Å². The highest BCUT2D eigenvalue weighted by atomic mass is 35.5. The van der Waals surface area contributed by atoms with Crippen LogP contribution in [0.15, 0.2) is 60.3 Å². The van der Waals surface area contributed by atoms with Crippen molar-refractivity contribution in [2.75, 3.05) is 10.6 Å². The molecule has 0 heterocycles. The number of carbonyl (C=O) groups excluding carboxylic acids is 2. The highest BCUT2D eigenvalue weighted by molar-refractivity contribution is 6.30. The fourth-order valence-electron chi connectivity index (χ4n) is 2.11. The molecule has 2 aromatic carbocycles. The lowest BCUT2D eigenvalue weighted by Gasteiger charge is -2.07. The average molecular weight is 369 g/mol. The van der Waals surface area contributed by atoms with Gasteiger partial charge in [0, 0.05) is 36.1 Å². The fourth-order valence-corrected chi connectivity index (χ4v) is 2.32. The Labute approximate surface area is 156 Å². The van der Waals surface area contributed by atoms with Crippen molar-refractivity contribution in [3.8, 4) is 6.07 Å². The van der Waals surface area contributed by atoms with Crippen LogP contribution in [0.5, 0.6) is 0 Å². The summed E-state index contributed by atoms with van der Waals surface area (Å²) in [6.07, 6.45) is 1.36. The molecule has 7 heteroatoms. The van der Waals surface area contributed by atoms with Crippen molar-refractivity contribution in [3.05, 3.63) is 70.9 Å². The SMILES string of the molecule is CC(=O)Nc1ccc(NC(=O)/C(C#N)=C\NCc2cccc(Cl)c2)cc1. The fraction of sp³-hybridized carbons (Fsp3) is 0.105. The average Bonchev–Trinajstić information content (AvgIpc) is 2.60. The van der Waals surface area contributed by atoms with Crippen molar-refractivity contribution in [1.82, 2.24) is 5.32 Å². The van der Waals surface area contributed by atoms with Crippen LogP contribution in [-0.2, 0) is 16.1 Å². The molecule has 132 valence electrons. The largest absolute Gasteiger partial charge is 0.386 e. The van der Waals surface area contributed by atoms with E-state index in [0.29, 0.717) is 22.9 Å². The summed E-state index contributed by atoms with van der Waals surface area (Å²) < 4.78 is 0. The molecular weight excluding hydrogens is 352 g/mol. The van der Waals surface area contributed by atoms with E-state index < -0.39 is 5.91 Å². The van der Waals surface area contributed by atoms with Gasteiger partial charge in [0.2, 0.25) is 5.91 Å². The first-order valence-corrected chi connectivity index (χ1v) is 8.13. The van der Waals surface area contributed by atoms with Crippen LogP contribution in [0.1, 0.15) is 12.5 Å². The van der Waals surface area contributed by atoms with E-state index in [1.165, 1.54) is 13.1 Å². The molecule has 26 heavy (non-hydrogen) atoms. The van der Waals surface area contributed by atoms with Crippen molar-refractivity contribution >= 4 is 34.8 Å². The second kappa shape index (κ2) is 9.25. The Morgan fingerprint density at radius 2 is 1.77 bits per heavy atom. The minimum atomic E-state index is -0.529. The van der Waals surface area contributed by atoms with Crippen molar-refractivity contribution < 1.29 is 9.59 Å². The van der Waals surface area contributed by atoms with E-state index >= 15 is 0 Å². The second-order valence-electron chi connectivity index (χ2n) is 5.39. The first-order chi connectivity index (χ1) is 12.5. The zero-order valence-corrected chi connectivity index (χ0v) is 14.8. The van der Waals surface area contributed by atoms with Gasteiger partial charge < -0.3 is 16.0 Å². The van der Waals surface area contributed by atoms with Crippen LogP contribution in [0.2, 0.25) is 5.02 Å². The van der Waals surface area contributed by atoms with Crippen LogP contribution in [0.25, 0.3) is 0 Å². The number of carbonyl (C=O) groups is 2. The van der Waals surface area contributed by atoms with Gasteiger partial charge in [-0.15, -0.1) is 0 Å². The Balaban J connectivity index is 1.95. The van der Waals surface area contributed by atoms with Gasteiger partial charge in [-0.25, -0.2) is 0 Å². The highest BCUT2D eigenvalue weighted by Crippen LogP contribution is 2.14. The van der Waals surface area contributed by atoms with Crippen LogP contribution in [-0.4, -0.2) is 11.8 Å². The molecule has 0 unspecified atom stereocenters. The minimum absolute atomic E-state index is 0.0574. The molecule has 2 rings (SSSR count). The molecule has 0 aliphatic heterocycles. The number of hydrogen-bond acceptors (Lipinski definition) is 4. The van der Waals surface area contributed by atoms with Crippen molar-refractivity contribution in [2.45, 2.75) is 13.5 Å². The van der Waals surface area contributed by atoms with Crippen molar-refractivity contribution in [2.24, 2.45) is 0 Å². The van der Waals surface area contributed by atoms with Gasteiger partial charge in [-0.2, -0.15) is 5.26 Å². The summed E-state index contributed by atoms with van der Waals surface area (Å²) in [7, 11) is 0. The number of anilines is 2. The third-order valence-corrected chi connectivity index (χ3v) is 3.50. The van der Waals surface area contributed by atoms with E-state index in [0.717, 1.165) is 5.56 Å². The zero-order valence-electron chi connectivity index (χ0n) is 14.0. The van der Waals surface area contributed by atoms with E-state index in [1.807, 2.05) is 18.2 Å². The Morgan fingerprint density at radius 3 is 2.35 bits per heavy atom. The first kappa shape index (κ1) is 19.0. The molecule has 0 aromatic heterocycles. The van der Waals surface area contributed by atoms with E-state index in [2.05, 4.69) is 16.0 Å². The third kappa shape index (κ3) is 5.96. The summed E-state index contributed by atoms with van der Waals surface area (Å²) in [5, 5.41) is 18.0. The molecule has 3 N–H and O–H groups in total. The maximum absolute atomic E-state index is 12.2. The number of amides is 2. The number of nitrogens with zero attached hydrogens (tertiary/aromatic N) is 1. The Morgan fingerprint density at radius 1 is 1.12 bits per heavy atom. The predicted molar refractivity (Wildman–Crippen MR) is 101 cm³/mol. The molecule has 2 aromatic rings. The predicted octanol–water partition coefficient (Wildman–Crippen LogP) is 3.43. The number of halogens is 1. The summed E-state index contributed by atoms with van der Waals surface area (Å²) in [6, 6.07) is 15.7. The van der Waals surface area contributed by atoms with Crippen LogP contribution in [0, 0.1) is 11.3 Å². The Kier molecular flexibility index (Phi) is 6.77. The lowest BCUT2D eigenvalue weighted by atomic mass is 10.2. The third-order valence-electron chi connectivity index (χ3n) is 3.27. The van der Waals surface area contributed by atoms with Gasteiger partial charge in [0.25, 0.3) is 5.91 Å². The van der Waals surface area contributed by atoms with E-state index in [4.69, 9.17) is 11.6 Å². The standard InChI is InChI=1S/C19H17ClN4O2/c1-13(25)23-17-5-7-18(8-6-17)24-19(26)15(10-21)12-22-11-14-3-2-4-16(20)9-14/h2-9,12,22H,11H2,1H3,(H,23,25)(H,24,26)/b15-12-. The van der Waals surface area contributed by atoms with Gasteiger partial charge in [-0.1, -0.05) is 23.7 Å². The molecule has 0 fully saturated rings. The molecule has 0 radical (unpaired) electrons. The number of nitrogens with one attached hydrogen (secondary N) is 3. The maximum Gasteiger partial charge on any atom is 0.267 e. The molecule has 2 amide bonds. The lowest BCUT2D eigenvalue weighted by molar-refractivity contribution is -0.114. The van der Waals surface area contributed by atoms with Crippen LogP contribution in [0.3, 0.4) is 0 Å². The zero-order chi connectivity index (χ0) is 18.9. The number of benzene rings is 2.